The zero-order valence-electron chi connectivity index (χ0n) is 8.40. The van der Waals surface area contributed by atoms with Gasteiger partial charge >= 0.3 is 0 Å². The Morgan fingerprint density at radius 3 is 2.80 bits per heavy atom. The number of aromatic nitrogens is 1. The Morgan fingerprint density at radius 2 is 2.07 bits per heavy atom. The molecule has 0 unspecified atom stereocenters. The van der Waals surface area contributed by atoms with E-state index in [0.29, 0.717) is 17.4 Å². The van der Waals surface area contributed by atoms with E-state index in [1.165, 1.54) is 6.07 Å². The highest BCUT2D eigenvalue weighted by molar-refractivity contribution is 5.81. The van der Waals surface area contributed by atoms with Crippen molar-refractivity contribution in [1.29, 1.82) is 0 Å². The topological polar surface area (TPSA) is 27.8 Å². The van der Waals surface area contributed by atoms with E-state index in [0.717, 1.165) is 18.3 Å². The van der Waals surface area contributed by atoms with Crippen molar-refractivity contribution < 1.29 is 8.78 Å². The molecule has 0 amide bonds. The SMILES string of the molecule is CCNCc1cc2cc(F)cc(F)c2[nH]1. The van der Waals surface area contributed by atoms with E-state index in [2.05, 4.69) is 10.3 Å². The summed E-state index contributed by atoms with van der Waals surface area (Å²) in [6.45, 7) is 3.46. The van der Waals surface area contributed by atoms with Crippen molar-refractivity contribution in [1.82, 2.24) is 10.3 Å². The number of H-pyrrole nitrogens is 1. The van der Waals surface area contributed by atoms with Crippen LogP contribution in [0, 0.1) is 11.6 Å². The molecule has 2 nitrogen and oxygen atoms in total. The minimum absolute atomic E-state index is 0.365. The molecule has 15 heavy (non-hydrogen) atoms. The van der Waals surface area contributed by atoms with Gasteiger partial charge in [0, 0.05) is 23.7 Å². The Labute approximate surface area is 86.3 Å². The molecule has 80 valence electrons. The lowest BCUT2D eigenvalue weighted by Gasteiger charge is -1.96. The molecule has 0 radical (unpaired) electrons. The number of nitrogens with one attached hydrogen (secondary N) is 2. The number of hydrogen-bond donors (Lipinski definition) is 2. The number of fused-ring (bicyclic) bond motifs is 1. The van der Waals surface area contributed by atoms with Crippen molar-refractivity contribution in [3.63, 3.8) is 0 Å². The molecule has 2 rings (SSSR count). The van der Waals surface area contributed by atoms with Crippen LogP contribution in [-0.2, 0) is 6.54 Å². The summed E-state index contributed by atoms with van der Waals surface area (Å²) < 4.78 is 26.2. The van der Waals surface area contributed by atoms with E-state index >= 15 is 0 Å². The van der Waals surface area contributed by atoms with Crippen LogP contribution in [0.3, 0.4) is 0 Å². The summed E-state index contributed by atoms with van der Waals surface area (Å²) in [4.78, 5) is 2.92. The Balaban J connectivity index is 2.41. The highest BCUT2D eigenvalue weighted by atomic mass is 19.1. The van der Waals surface area contributed by atoms with Crippen LogP contribution in [0.15, 0.2) is 18.2 Å². The fourth-order valence-electron chi connectivity index (χ4n) is 1.58. The standard InChI is InChI=1S/C11H12F2N2/c1-2-14-6-9-4-7-3-8(12)5-10(13)11(7)15-9/h3-5,14-15H,2,6H2,1H3. The Kier molecular flexibility index (Phi) is 2.68. The van der Waals surface area contributed by atoms with Gasteiger partial charge in [-0.1, -0.05) is 6.92 Å². The molecule has 2 N–H and O–H groups in total. The number of aromatic amines is 1. The highest BCUT2D eigenvalue weighted by Crippen LogP contribution is 2.20. The molecule has 0 saturated carbocycles. The zero-order chi connectivity index (χ0) is 10.8. The minimum atomic E-state index is -0.548. The maximum absolute atomic E-state index is 13.3. The van der Waals surface area contributed by atoms with Gasteiger partial charge in [-0.25, -0.2) is 8.78 Å². The van der Waals surface area contributed by atoms with E-state index in [4.69, 9.17) is 0 Å². The van der Waals surface area contributed by atoms with Crippen molar-refractivity contribution in [2.45, 2.75) is 13.5 Å². The van der Waals surface area contributed by atoms with E-state index in [1.807, 2.05) is 6.92 Å². The summed E-state index contributed by atoms with van der Waals surface area (Å²) in [7, 11) is 0. The molecular weight excluding hydrogens is 198 g/mol. The van der Waals surface area contributed by atoms with Crippen molar-refractivity contribution in [2.24, 2.45) is 0 Å². The summed E-state index contributed by atoms with van der Waals surface area (Å²) in [5.41, 5.74) is 1.22. The fraction of sp³-hybridized carbons (Fsp3) is 0.273. The molecule has 1 aromatic carbocycles. The van der Waals surface area contributed by atoms with Gasteiger partial charge in [0.2, 0.25) is 0 Å². The number of hydrogen-bond acceptors (Lipinski definition) is 1. The lowest BCUT2D eigenvalue weighted by atomic mass is 10.2. The van der Waals surface area contributed by atoms with Gasteiger partial charge in [-0.3, -0.25) is 0 Å². The van der Waals surface area contributed by atoms with E-state index < -0.39 is 11.6 Å². The quantitative estimate of drug-likeness (QED) is 0.800. The summed E-state index contributed by atoms with van der Waals surface area (Å²) in [6.07, 6.45) is 0. The van der Waals surface area contributed by atoms with Gasteiger partial charge in [0.15, 0.2) is 0 Å². The van der Waals surface area contributed by atoms with Crippen molar-refractivity contribution in [3.05, 3.63) is 35.5 Å². The average molecular weight is 210 g/mol. The Hall–Kier alpha value is -1.42. The van der Waals surface area contributed by atoms with Crippen molar-refractivity contribution in [2.75, 3.05) is 6.54 Å². The molecule has 0 atom stereocenters. The Morgan fingerprint density at radius 1 is 1.27 bits per heavy atom. The van der Waals surface area contributed by atoms with E-state index in [1.54, 1.807) is 6.07 Å². The monoisotopic (exact) mass is 210 g/mol. The van der Waals surface area contributed by atoms with Crippen LogP contribution in [-0.4, -0.2) is 11.5 Å². The molecule has 0 aliphatic heterocycles. The number of benzene rings is 1. The number of halogens is 2. The van der Waals surface area contributed by atoms with Crippen LogP contribution in [0.4, 0.5) is 8.78 Å². The van der Waals surface area contributed by atoms with Gasteiger partial charge < -0.3 is 10.3 Å². The van der Waals surface area contributed by atoms with Crippen LogP contribution >= 0.6 is 0 Å². The van der Waals surface area contributed by atoms with Crippen LogP contribution in [0.1, 0.15) is 12.6 Å². The van der Waals surface area contributed by atoms with Crippen molar-refractivity contribution in [3.8, 4) is 0 Å². The second-order valence-corrected chi connectivity index (χ2v) is 3.43. The molecule has 0 fully saturated rings. The zero-order valence-corrected chi connectivity index (χ0v) is 8.40. The van der Waals surface area contributed by atoms with Gasteiger partial charge in [-0.15, -0.1) is 0 Å². The van der Waals surface area contributed by atoms with Crippen LogP contribution < -0.4 is 5.32 Å². The second kappa shape index (κ2) is 3.98. The highest BCUT2D eigenvalue weighted by Gasteiger charge is 2.07. The first-order valence-corrected chi connectivity index (χ1v) is 4.88. The van der Waals surface area contributed by atoms with Crippen LogP contribution in [0.25, 0.3) is 10.9 Å². The van der Waals surface area contributed by atoms with E-state index in [-0.39, 0.29) is 0 Å². The molecule has 0 aliphatic carbocycles. The third-order valence-corrected chi connectivity index (χ3v) is 2.27. The minimum Gasteiger partial charge on any atom is -0.355 e. The molecule has 0 aliphatic rings. The second-order valence-electron chi connectivity index (χ2n) is 3.43. The lowest BCUT2D eigenvalue weighted by molar-refractivity contribution is 0.590. The number of rotatable bonds is 3. The smallest absolute Gasteiger partial charge is 0.150 e. The van der Waals surface area contributed by atoms with Gasteiger partial charge in [0.1, 0.15) is 11.6 Å². The third kappa shape index (κ3) is 1.99. The van der Waals surface area contributed by atoms with Crippen LogP contribution in [0.2, 0.25) is 0 Å². The van der Waals surface area contributed by atoms with Gasteiger partial charge in [0.25, 0.3) is 0 Å². The lowest BCUT2D eigenvalue weighted by Crippen LogP contribution is -2.11. The molecular formula is C11H12F2N2. The first-order chi connectivity index (χ1) is 7.20. The predicted octanol–water partition coefficient (Wildman–Crippen LogP) is 2.56. The molecule has 0 bridgehead atoms. The summed E-state index contributed by atoms with van der Waals surface area (Å²) in [5, 5.41) is 3.68. The normalized spacial score (nSPS) is 11.1. The summed E-state index contributed by atoms with van der Waals surface area (Å²) in [5.74, 6) is -1.10. The maximum Gasteiger partial charge on any atom is 0.150 e. The van der Waals surface area contributed by atoms with E-state index in [9.17, 15) is 8.78 Å². The maximum atomic E-state index is 13.3. The van der Waals surface area contributed by atoms with Gasteiger partial charge in [-0.2, -0.15) is 0 Å². The molecule has 2 aromatic rings. The summed E-state index contributed by atoms with van der Waals surface area (Å²) in [6, 6.07) is 3.96. The predicted molar refractivity (Wildman–Crippen MR) is 55.6 cm³/mol. The van der Waals surface area contributed by atoms with Gasteiger partial charge in [-0.05, 0) is 18.7 Å². The Bertz CT molecular complexity index is 477. The van der Waals surface area contributed by atoms with Crippen LogP contribution in [0.5, 0.6) is 0 Å². The first-order valence-electron chi connectivity index (χ1n) is 4.88. The third-order valence-electron chi connectivity index (χ3n) is 2.27. The average Bonchev–Trinajstić information content (AvgIpc) is 2.57. The molecule has 0 saturated heterocycles. The van der Waals surface area contributed by atoms with Crippen molar-refractivity contribution >= 4 is 10.9 Å². The molecule has 0 spiro atoms. The molecule has 4 heteroatoms. The first kappa shape index (κ1) is 10.1. The van der Waals surface area contributed by atoms with Gasteiger partial charge in [0.05, 0.1) is 5.52 Å². The largest absolute Gasteiger partial charge is 0.355 e. The summed E-state index contributed by atoms with van der Waals surface area (Å²) >= 11 is 0. The molecule has 1 heterocycles. The molecule has 1 aromatic heterocycles. The fourth-order valence-corrected chi connectivity index (χ4v) is 1.58.